The average Bonchev–Trinajstić information content (AvgIpc) is 2.42. The molecule has 20 heavy (non-hydrogen) atoms. The van der Waals surface area contributed by atoms with Gasteiger partial charge in [-0.1, -0.05) is 15.9 Å². The highest BCUT2D eigenvalue weighted by molar-refractivity contribution is 9.11. The second kappa shape index (κ2) is 6.90. The predicted octanol–water partition coefficient (Wildman–Crippen LogP) is 4.19. The Balaban J connectivity index is 2.35. The molecule has 2 aromatic rings. The highest BCUT2D eigenvalue weighted by atomic mass is 79.9. The number of ether oxygens (including phenoxy) is 1. The first kappa shape index (κ1) is 15.1. The first-order chi connectivity index (χ1) is 9.65. The molecule has 0 radical (unpaired) electrons. The van der Waals surface area contributed by atoms with Crippen molar-refractivity contribution in [3.63, 3.8) is 0 Å². The SMILES string of the molecule is CCNc1ncnc(Nc2ccc(Br)cc2Br)c1OC. The monoisotopic (exact) mass is 400 g/mol. The summed E-state index contributed by atoms with van der Waals surface area (Å²) in [6.07, 6.45) is 1.50. The summed E-state index contributed by atoms with van der Waals surface area (Å²) in [5, 5.41) is 6.38. The van der Waals surface area contributed by atoms with Gasteiger partial charge in [-0.3, -0.25) is 0 Å². The molecule has 2 N–H and O–H groups in total. The van der Waals surface area contributed by atoms with E-state index in [9.17, 15) is 0 Å². The molecule has 106 valence electrons. The lowest BCUT2D eigenvalue weighted by Crippen LogP contribution is -2.06. The molecule has 0 spiro atoms. The maximum Gasteiger partial charge on any atom is 0.204 e. The number of rotatable bonds is 5. The van der Waals surface area contributed by atoms with Gasteiger partial charge in [0.25, 0.3) is 0 Å². The molecule has 1 heterocycles. The Bertz CT molecular complexity index is 607. The van der Waals surface area contributed by atoms with Crippen LogP contribution in [0.3, 0.4) is 0 Å². The molecule has 0 aliphatic carbocycles. The minimum absolute atomic E-state index is 0.587. The number of hydrogen-bond donors (Lipinski definition) is 2. The van der Waals surface area contributed by atoms with E-state index in [1.807, 2.05) is 25.1 Å². The van der Waals surface area contributed by atoms with Gasteiger partial charge in [0.1, 0.15) is 6.33 Å². The number of benzene rings is 1. The van der Waals surface area contributed by atoms with Crippen LogP contribution < -0.4 is 15.4 Å². The van der Waals surface area contributed by atoms with Crippen LogP contribution in [0.5, 0.6) is 5.75 Å². The van der Waals surface area contributed by atoms with Crippen LogP contribution in [0.1, 0.15) is 6.92 Å². The second-order valence-electron chi connectivity index (χ2n) is 3.88. The molecule has 0 aliphatic heterocycles. The Hall–Kier alpha value is -1.34. The van der Waals surface area contributed by atoms with Crippen molar-refractivity contribution in [2.75, 3.05) is 24.3 Å². The quantitative estimate of drug-likeness (QED) is 0.786. The zero-order chi connectivity index (χ0) is 14.5. The number of hydrogen-bond acceptors (Lipinski definition) is 5. The molecule has 1 aromatic carbocycles. The number of anilines is 3. The van der Waals surface area contributed by atoms with Crippen LogP contribution in [0.2, 0.25) is 0 Å². The Morgan fingerprint density at radius 3 is 2.60 bits per heavy atom. The van der Waals surface area contributed by atoms with E-state index in [1.54, 1.807) is 7.11 Å². The van der Waals surface area contributed by atoms with Gasteiger partial charge in [-0.15, -0.1) is 0 Å². The van der Waals surface area contributed by atoms with Crippen LogP contribution in [0.25, 0.3) is 0 Å². The summed E-state index contributed by atoms with van der Waals surface area (Å²) >= 11 is 6.93. The van der Waals surface area contributed by atoms with E-state index in [0.29, 0.717) is 17.4 Å². The minimum atomic E-state index is 0.587. The molecule has 2 rings (SSSR count). The standard InChI is InChI=1S/C13H14Br2N4O/c1-3-16-12-11(20-2)13(18-7-17-12)19-10-5-4-8(14)6-9(10)15/h4-7H,3H2,1-2H3,(H2,16,17,18,19). The molecular formula is C13H14Br2N4O. The summed E-state index contributed by atoms with van der Waals surface area (Å²) in [7, 11) is 1.60. The fraction of sp³-hybridized carbons (Fsp3) is 0.231. The van der Waals surface area contributed by atoms with Gasteiger partial charge in [0, 0.05) is 15.5 Å². The van der Waals surface area contributed by atoms with Gasteiger partial charge in [0.05, 0.1) is 12.8 Å². The first-order valence-electron chi connectivity index (χ1n) is 6.00. The molecule has 0 saturated carbocycles. The summed E-state index contributed by atoms with van der Waals surface area (Å²) < 4.78 is 7.32. The Kier molecular flexibility index (Phi) is 5.19. The smallest absolute Gasteiger partial charge is 0.204 e. The van der Waals surface area contributed by atoms with Crippen molar-refractivity contribution < 1.29 is 4.74 Å². The first-order valence-corrected chi connectivity index (χ1v) is 7.59. The van der Waals surface area contributed by atoms with Gasteiger partial charge < -0.3 is 15.4 Å². The fourth-order valence-corrected chi connectivity index (χ4v) is 2.81. The van der Waals surface area contributed by atoms with Gasteiger partial charge in [-0.25, -0.2) is 9.97 Å². The molecule has 0 unspecified atom stereocenters. The van der Waals surface area contributed by atoms with E-state index in [4.69, 9.17) is 4.74 Å². The van der Waals surface area contributed by atoms with Crippen molar-refractivity contribution >= 4 is 49.2 Å². The molecular weight excluding hydrogens is 388 g/mol. The molecule has 0 saturated heterocycles. The normalized spacial score (nSPS) is 10.2. The Labute approximate surface area is 134 Å². The zero-order valence-corrected chi connectivity index (χ0v) is 14.2. The molecule has 0 fully saturated rings. The predicted molar refractivity (Wildman–Crippen MR) is 87.9 cm³/mol. The lowest BCUT2D eigenvalue weighted by Gasteiger charge is -2.14. The largest absolute Gasteiger partial charge is 0.490 e. The number of nitrogens with one attached hydrogen (secondary N) is 2. The third kappa shape index (κ3) is 3.40. The maximum absolute atomic E-state index is 5.39. The van der Waals surface area contributed by atoms with Crippen molar-refractivity contribution in [1.29, 1.82) is 0 Å². The minimum Gasteiger partial charge on any atom is -0.490 e. The highest BCUT2D eigenvalue weighted by Crippen LogP contribution is 2.34. The Morgan fingerprint density at radius 2 is 1.95 bits per heavy atom. The number of halogens is 2. The van der Waals surface area contributed by atoms with E-state index in [0.717, 1.165) is 21.2 Å². The van der Waals surface area contributed by atoms with Gasteiger partial charge in [0.15, 0.2) is 11.6 Å². The van der Waals surface area contributed by atoms with Gasteiger partial charge in [-0.05, 0) is 41.1 Å². The van der Waals surface area contributed by atoms with Crippen LogP contribution in [0.15, 0.2) is 33.5 Å². The van der Waals surface area contributed by atoms with Crippen LogP contribution in [-0.4, -0.2) is 23.6 Å². The molecule has 5 nitrogen and oxygen atoms in total. The molecule has 0 amide bonds. The fourth-order valence-electron chi connectivity index (χ4n) is 1.67. The summed E-state index contributed by atoms with van der Waals surface area (Å²) in [4.78, 5) is 8.40. The summed E-state index contributed by atoms with van der Waals surface area (Å²) in [6.45, 7) is 2.76. The van der Waals surface area contributed by atoms with Gasteiger partial charge in [-0.2, -0.15) is 0 Å². The Morgan fingerprint density at radius 1 is 1.20 bits per heavy atom. The average molecular weight is 402 g/mol. The van der Waals surface area contributed by atoms with Crippen LogP contribution >= 0.6 is 31.9 Å². The molecule has 0 bridgehead atoms. The van der Waals surface area contributed by atoms with E-state index in [1.165, 1.54) is 6.33 Å². The van der Waals surface area contributed by atoms with Crippen molar-refractivity contribution in [3.05, 3.63) is 33.5 Å². The lowest BCUT2D eigenvalue weighted by atomic mass is 10.3. The van der Waals surface area contributed by atoms with Crippen LogP contribution in [0.4, 0.5) is 17.3 Å². The second-order valence-corrected chi connectivity index (χ2v) is 5.65. The maximum atomic E-state index is 5.39. The third-order valence-corrected chi connectivity index (χ3v) is 3.69. The van der Waals surface area contributed by atoms with E-state index < -0.39 is 0 Å². The molecule has 0 aliphatic rings. The topological polar surface area (TPSA) is 59.1 Å². The molecule has 1 aromatic heterocycles. The summed E-state index contributed by atoms with van der Waals surface area (Å²) in [5.41, 5.74) is 0.896. The van der Waals surface area contributed by atoms with Crippen molar-refractivity contribution in [2.24, 2.45) is 0 Å². The number of methoxy groups -OCH3 is 1. The van der Waals surface area contributed by atoms with Crippen LogP contribution in [0, 0.1) is 0 Å². The highest BCUT2D eigenvalue weighted by Gasteiger charge is 2.12. The lowest BCUT2D eigenvalue weighted by molar-refractivity contribution is 0.415. The van der Waals surface area contributed by atoms with E-state index >= 15 is 0 Å². The summed E-state index contributed by atoms with van der Waals surface area (Å²) in [6, 6.07) is 5.86. The third-order valence-electron chi connectivity index (χ3n) is 2.54. The number of nitrogens with zero attached hydrogens (tertiary/aromatic N) is 2. The van der Waals surface area contributed by atoms with E-state index in [-0.39, 0.29) is 0 Å². The van der Waals surface area contributed by atoms with Crippen molar-refractivity contribution in [2.45, 2.75) is 6.92 Å². The number of aromatic nitrogens is 2. The van der Waals surface area contributed by atoms with Crippen molar-refractivity contribution in [1.82, 2.24) is 9.97 Å². The van der Waals surface area contributed by atoms with Gasteiger partial charge >= 0.3 is 0 Å². The van der Waals surface area contributed by atoms with Crippen LogP contribution in [-0.2, 0) is 0 Å². The summed E-state index contributed by atoms with van der Waals surface area (Å²) in [5.74, 6) is 1.87. The zero-order valence-electron chi connectivity index (χ0n) is 11.1. The van der Waals surface area contributed by atoms with Crippen molar-refractivity contribution in [3.8, 4) is 5.75 Å². The van der Waals surface area contributed by atoms with Gasteiger partial charge in [0.2, 0.25) is 5.75 Å². The molecule has 7 heteroatoms. The van der Waals surface area contributed by atoms with E-state index in [2.05, 4.69) is 52.5 Å². The molecule has 0 atom stereocenters.